The lowest BCUT2D eigenvalue weighted by atomic mass is 9.99. The number of halogens is 3. The van der Waals surface area contributed by atoms with Gasteiger partial charge < -0.3 is 10.2 Å². The van der Waals surface area contributed by atoms with E-state index in [-0.39, 0.29) is 18.1 Å². The Morgan fingerprint density at radius 1 is 1.03 bits per heavy atom. The molecule has 0 aliphatic carbocycles. The molecule has 3 aromatic carbocycles. The third-order valence-electron chi connectivity index (χ3n) is 5.96. The van der Waals surface area contributed by atoms with E-state index in [9.17, 15) is 22.8 Å². The summed E-state index contributed by atoms with van der Waals surface area (Å²) in [4.78, 5) is 26.6. The number of hydrogen-bond donors (Lipinski definition) is 1. The molecule has 1 fully saturated rings. The van der Waals surface area contributed by atoms with E-state index in [1.165, 1.54) is 17.0 Å². The summed E-state index contributed by atoms with van der Waals surface area (Å²) in [5.41, 5.74) is 2.92. The third-order valence-corrected chi connectivity index (χ3v) is 5.96. The predicted molar refractivity (Wildman–Crippen MR) is 123 cm³/mol. The molecular weight excluding hydrogens is 459 g/mol. The highest BCUT2D eigenvalue weighted by Gasteiger charge is 2.45. The first-order valence-electron chi connectivity index (χ1n) is 10.9. The molecule has 2 amide bonds. The molecule has 0 unspecified atom stereocenters. The Labute approximate surface area is 198 Å². The van der Waals surface area contributed by atoms with Gasteiger partial charge in [-0.1, -0.05) is 35.5 Å². The van der Waals surface area contributed by atoms with Crippen LogP contribution < -0.4 is 10.2 Å². The molecule has 1 aliphatic heterocycles. The second-order valence-electron chi connectivity index (χ2n) is 8.44. The van der Waals surface area contributed by atoms with Crippen molar-refractivity contribution in [2.75, 3.05) is 4.90 Å². The SMILES string of the molecule is CC(F)(F)C(=O)N[C@H]1CC(=O)N(c2ccc3c(c2)nnn3-c2ccc(F)cc2)[C@@H]1c1ccccc1. The Balaban J connectivity index is 1.53. The van der Waals surface area contributed by atoms with Gasteiger partial charge in [-0.25, -0.2) is 9.07 Å². The molecule has 0 spiro atoms. The Hall–Kier alpha value is -4.21. The van der Waals surface area contributed by atoms with Gasteiger partial charge in [0.2, 0.25) is 5.91 Å². The predicted octanol–water partition coefficient (Wildman–Crippen LogP) is 4.18. The zero-order chi connectivity index (χ0) is 24.7. The average molecular weight is 479 g/mol. The number of benzene rings is 3. The first-order chi connectivity index (χ1) is 16.7. The smallest absolute Gasteiger partial charge is 0.321 e. The summed E-state index contributed by atoms with van der Waals surface area (Å²) in [6.45, 7) is 0.521. The molecule has 10 heteroatoms. The second-order valence-corrected chi connectivity index (χ2v) is 8.44. The van der Waals surface area contributed by atoms with Crippen LogP contribution in [0.3, 0.4) is 0 Å². The number of carbonyl (C=O) groups is 2. The maximum atomic E-state index is 13.6. The summed E-state index contributed by atoms with van der Waals surface area (Å²) in [6.07, 6.45) is -0.137. The topological polar surface area (TPSA) is 80.1 Å². The lowest BCUT2D eigenvalue weighted by Gasteiger charge is -2.29. The fraction of sp³-hybridized carbons (Fsp3) is 0.200. The van der Waals surface area contributed by atoms with Crippen molar-refractivity contribution in [3.8, 4) is 5.69 Å². The number of alkyl halides is 2. The quantitative estimate of drug-likeness (QED) is 0.466. The molecule has 0 bridgehead atoms. The minimum Gasteiger partial charge on any atom is -0.345 e. The van der Waals surface area contributed by atoms with Crippen LogP contribution in [0, 0.1) is 5.82 Å². The highest BCUT2D eigenvalue weighted by Crippen LogP contribution is 2.38. The number of rotatable bonds is 5. The molecule has 2 atom stereocenters. The largest absolute Gasteiger partial charge is 0.345 e. The Morgan fingerprint density at radius 2 is 1.71 bits per heavy atom. The van der Waals surface area contributed by atoms with Gasteiger partial charge in [0, 0.05) is 19.0 Å². The molecule has 1 aliphatic rings. The normalized spacial score (nSPS) is 18.3. The van der Waals surface area contributed by atoms with E-state index in [0.717, 1.165) is 0 Å². The van der Waals surface area contributed by atoms with Crippen molar-refractivity contribution < 1.29 is 22.8 Å². The van der Waals surface area contributed by atoms with Crippen LogP contribution in [0.2, 0.25) is 0 Å². The summed E-state index contributed by atoms with van der Waals surface area (Å²) < 4.78 is 42.1. The van der Waals surface area contributed by atoms with E-state index in [1.807, 2.05) is 0 Å². The molecule has 35 heavy (non-hydrogen) atoms. The zero-order valence-corrected chi connectivity index (χ0v) is 18.5. The van der Waals surface area contributed by atoms with E-state index < -0.39 is 23.9 Å². The molecule has 7 nitrogen and oxygen atoms in total. The lowest BCUT2D eigenvalue weighted by molar-refractivity contribution is -0.143. The van der Waals surface area contributed by atoms with Gasteiger partial charge in [0.25, 0.3) is 5.91 Å². The van der Waals surface area contributed by atoms with Crippen LogP contribution in [0.25, 0.3) is 16.7 Å². The molecule has 1 saturated heterocycles. The molecule has 4 aromatic rings. The zero-order valence-electron chi connectivity index (χ0n) is 18.5. The van der Waals surface area contributed by atoms with Crippen molar-refractivity contribution in [2.24, 2.45) is 0 Å². The summed E-state index contributed by atoms with van der Waals surface area (Å²) in [6, 6.07) is 18.3. The van der Waals surface area contributed by atoms with Crippen molar-refractivity contribution in [3.63, 3.8) is 0 Å². The minimum absolute atomic E-state index is 0.137. The van der Waals surface area contributed by atoms with Crippen LogP contribution in [0.4, 0.5) is 18.9 Å². The van der Waals surface area contributed by atoms with Crippen molar-refractivity contribution in [2.45, 2.75) is 31.4 Å². The monoisotopic (exact) mass is 479 g/mol. The van der Waals surface area contributed by atoms with Gasteiger partial charge in [0.15, 0.2) is 0 Å². The number of fused-ring (bicyclic) bond motifs is 1. The van der Waals surface area contributed by atoms with E-state index in [0.29, 0.717) is 34.9 Å². The van der Waals surface area contributed by atoms with Crippen molar-refractivity contribution in [1.82, 2.24) is 20.3 Å². The van der Waals surface area contributed by atoms with Gasteiger partial charge in [-0.05, 0) is 48.0 Å². The number of amides is 2. The lowest BCUT2D eigenvalue weighted by Crippen LogP contribution is -2.46. The number of nitrogens with one attached hydrogen (secondary N) is 1. The Kier molecular flexibility index (Phi) is 5.50. The van der Waals surface area contributed by atoms with E-state index >= 15 is 0 Å². The first kappa shape index (κ1) is 22.6. The van der Waals surface area contributed by atoms with E-state index in [1.54, 1.807) is 65.3 Å². The Morgan fingerprint density at radius 3 is 2.40 bits per heavy atom. The third kappa shape index (κ3) is 4.23. The van der Waals surface area contributed by atoms with Gasteiger partial charge in [0.05, 0.1) is 23.3 Å². The molecule has 1 aromatic heterocycles. The molecule has 1 N–H and O–H groups in total. The molecular formula is C25H20F3N5O2. The number of hydrogen-bond acceptors (Lipinski definition) is 4. The van der Waals surface area contributed by atoms with E-state index in [4.69, 9.17) is 0 Å². The average Bonchev–Trinajstić information content (AvgIpc) is 3.39. The minimum atomic E-state index is -3.57. The van der Waals surface area contributed by atoms with Crippen LogP contribution in [-0.2, 0) is 9.59 Å². The van der Waals surface area contributed by atoms with Gasteiger partial charge in [0.1, 0.15) is 11.3 Å². The number of anilines is 1. The molecule has 0 radical (unpaired) electrons. The number of carbonyl (C=O) groups excluding carboxylic acids is 2. The van der Waals surface area contributed by atoms with Gasteiger partial charge in [-0.15, -0.1) is 5.10 Å². The van der Waals surface area contributed by atoms with Crippen LogP contribution in [0.15, 0.2) is 72.8 Å². The molecule has 0 saturated carbocycles. The molecule has 2 heterocycles. The highest BCUT2D eigenvalue weighted by molar-refractivity contribution is 5.99. The van der Waals surface area contributed by atoms with Crippen molar-refractivity contribution >= 4 is 28.5 Å². The highest BCUT2D eigenvalue weighted by atomic mass is 19.3. The van der Waals surface area contributed by atoms with Crippen molar-refractivity contribution in [1.29, 1.82) is 0 Å². The molecule has 178 valence electrons. The van der Waals surface area contributed by atoms with Gasteiger partial charge >= 0.3 is 5.92 Å². The van der Waals surface area contributed by atoms with Crippen LogP contribution in [-0.4, -0.2) is 38.8 Å². The van der Waals surface area contributed by atoms with E-state index in [2.05, 4.69) is 15.6 Å². The van der Waals surface area contributed by atoms with Gasteiger partial charge in [-0.3, -0.25) is 9.59 Å². The summed E-state index contributed by atoms with van der Waals surface area (Å²) in [5.74, 6) is -5.71. The summed E-state index contributed by atoms with van der Waals surface area (Å²) >= 11 is 0. The van der Waals surface area contributed by atoms with Crippen molar-refractivity contribution in [3.05, 3.63) is 84.2 Å². The fourth-order valence-corrected chi connectivity index (χ4v) is 4.33. The van der Waals surface area contributed by atoms with Gasteiger partial charge in [-0.2, -0.15) is 8.78 Å². The van der Waals surface area contributed by atoms with Crippen LogP contribution in [0.1, 0.15) is 24.9 Å². The number of nitrogens with zero attached hydrogens (tertiary/aromatic N) is 4. The van der Waals surface area contributed by atoms with Crippen LogP contribution in [0.5, 0.6) is 0 Å². The Bertz CT molecular complexity index is 1400. The number of aromatic nitrogens is 3. The standard InChI is InChI=1S/C25H20F3N5O2/c1-25(27,28)24(35)29-20-14-22(34)32(23(20)15-5-3-2-4-6-15)18-11-12-21-19(13-18)30-31-33(21)17-9-7-16(26)8-10-17/h2-13,20,23H,14H2,1H3,(H,29,35)/t20-,23+/m0/s1. The maximum Gasteiger partial charge on any atom is 0.321 e. The second kappa shape index (κ2) is 8.53. The first-order valence-corrected chi connectivity index (χ1v) is 10.9. The fourth-order valence-electron chi connectivity index (χ4n) is 4.33. The maximum absolute atomic E-state index is 13.6. The summed E-state index contributed by atoms with van der Waals surface area (Å²) in [7, 11) is 0. The van der Waals surface area contributed by atoms with Crippen LogP contribution >= 0.6 is 0 Å². The summed E-state index contributed by atoms with van der Waals surface area (Å²) in [5, 5.41) is 10.7. The molecule has 5 rings (SSSR count).